The zero-order valence-corrected chi connectivity index (χ0v) is 14.3. The van der Waals surface area contributed by atoms with Gasteiger partial charge in [0.25, 0.3) is 0 Å². The van der Waals surface area contributed by atoms with E-state index in [4.69, 9.17) is 10.5 Å². The van der Waals surface area contributed by atoms with E-state index < -0.39 is 0 Å². The van der Waals surface area contributed by atoms with E-state index in [0.29, 0.717) is 12.1 Å². The number of methoxy groups -OCH3 is 1. The average molecular weight is 292 g/mol. The maximum absolute atomic E-state index is 6.53. The summed E-state index contributed by atoms with van der Waals surface area (Å²) in [6.45, 7) is 10.5. The molecule has 1 rings (SSSR count). The van der Waals surface area contributed by atoms with Crippen LogP contribution in [0.15, 0.2) is 24.3 Å². The highest BCUT2D eigenvalue weighted by atomic mass is 16.5. The van der Waals surface area contributed by atoms with Crippen molar-refractivity contribution in [3.8, 4) is 0 Å². The first-order chi connectivity index (χ1) is 10.0. The lowest BCUT2D eigenvalue weighted by Gasteiger charge is -2.38. The van der Waals surface area contributed by atoms with Crippen LogP contribution < -0.4 is 5.73 Å². The highest BCUT2D eigenvalue weighted by Crippen LogP contribution is 2.23. The van der Waals surface area contributed by atoms with Crippen LogP contribution >= 0.6 is 0 Å². The summed E-state index contributed by atoms with van der Waals surface area (Å²) in [6.07, 6.45) is 2.29. The fourth-order valence-corrected chi connectivity index (χ4v) is 2.95. The zero-order valence-electron chi connectivity index (χ0n) is 14.3. The molecule has 1 aromatic carbocycles. The molecule has 0 amide bonds. The van der Waals surface area contributed by atoms with Crippen LogP contribution in [0.25, 0.3) is 0 Å². The van der Waals surface area contributed by atoms with E-state index in [9.17, 15) is 0 Å². The quantitative estimate of drug-likeness (QED) is 0.757. The summed E-state index contributed by atoms with van der Waals surface area (Å²) in [7, 11) is 1.76. The van der Waals surface area contributed by atoms with Crippen molar-refractivity contribution in [2.45, 2.75) is 58.7 Å². The van der Waals surface area contributed by atoms with Crippen LogP contribution in [-0.2, 0) is 4.74 Å². The number of nitrogens with zero attached hydrogens (tertiary/aromatic N) is 1. The van der Waals surface area contributed by atoms with E-state index in [-0.39, 0.29) is 6.04 Å². The molecule has 120 valence electrons. The highest BCUT2D eigenvalue weighted by Gasteiger charge is 2.26. The molecule has 2 N–H and O–H groups in total. The van der Waals surface area contributed by atoms with E-state index in [1.807, 2.05) is 0 Å². The van der Waals surface area contributed by atoms with Gasteiger partial charge in [0.2, 0.25) is 0 Å². The van der Waals surface area contributed by atoms with Crippen molar-refractivity contribution in [1.82, 2.24) is 4.90 Å². The minimum atomic E-state index is 0.0306. The normalized spacial score (nSPS) is 14.7. The molecular weight excluding hydrogens is 260 g/mol. The second-order valence-electron chi connectivity index (χ2n) is 5.88. The first-order valence-corrected chi connectivity index (χ1v) is 8.11. The summed E-state index contributed by atoms with van der Waals surface area (Å²) in [5.41, 5.74) is 9.01. The number of hydrogen-bond acceptors (Lipinski definition) is 3. The number of hydrogen-bond donors (Lipinski definition) is 1. The van der Waals surface area contributed by atoms with Crippen molar-refractivity contribution in [3.05, 3.63) is 35.4 Å². The summed E-state index contributed by atoms with van der Waals surface area (Å²) in [4.78, 5) is 2.51. The minimum absolute atomic E-state index is 0.0306. The second kappa shape index (κ2) is 9.19. The Morgan fingerprint density at radius 2 is 1.71 bits per heavy atom. The number of ether oxygens (including phenoxy) is 1. The molecule has 0 aromatic heterocycles. The fraction of sp³-hybridized carbons (Fsp3) is 0.667. The van der Waals surface area contributed by atoms with E-state index in [1.54, 1.807) is 7.11 Å². The Hall–Kier alpha value is -0.900. The second-order valence-corrected chi connectivity index (χ2v) is 5.88. The van der Waals surface area contributed by atoms with Gasteiger partial charge in [-0.15, -0.1) is 0 Å². The molecule has 0 saturated carbocycles. The van der Waals surface area contributed by atoms with Crippen LogP contribution in [0.3, 0.4) is 0 Å². The highest BCUT2D eigenvalue weighted by molar-refractivity contribution is 5.24. The van der Waals surface area contributed by atoms with Gasteiger partial charge in [-0.05, 0) is 32.3 Å². The minimum Gasteiger partial charge on any atom is -0.383 e. The van der Waals surface area contributed by atoms with Gasteiger partial charge >= 0.3 is 0 Å². The smallest absolute Gasteiger partial charge is 0.0589 e. The van der Waals surface area contributed by atoms with Gasteiger partial charge in [0, 0.05) is 31.8 Å². The van der Waals surface area contributed by atoms with E-state index in [2.05, 4.69) is 56.9 Å². The Labute approximate surface area is 130 Å². The topological polar surface area (TPSA) is 38.5 Å². The summed E-state index contributed by atoms with van der Waals surface area (Å²) in [6, 6.07) is 9.47. The molecule has 3 heteroatoms. The monoisotopic (exact) mass is 292 g/mol. The number of rotatable bonds is 9. The first-order valence-electron chi connectivity index (χ1n) is 8.11. The predicted octanol–water partition coefficient (Wildman–Crippen LogP) is 3.52. The molecule has 0 fully saturated rings. The van der Waals surface area contributed by atoms with Gasteiger partial charge in [-0.1, -0.05) is 43.7 Å². The van der Waals surface area contributed by atoms with E-state index in [0.717, 1.165) is 26.0 Å². The molecule has 0 heterocycles. The molecule has 2 unspecified atom stereocenters. The van der Waals surface area contributed by atoms with Crippen molar-refractivity contribution < 1.29 is 4.74 Å². The van der Waals surface area contributed by atoms with E-state index in [1.165, 1.54) is 11.1 Å². The van der Waals surface area contributed by atoms with Crippen molar-refractivity contribution in [3.63, 3.8) is 0 Å². The van der Waals surface area contributed by atoms with Gasteiger partial charge in [0.15, 0.2) is 0 Å². The first kappa shape index (κ1) is 18.1. The summed E-state index contributed by atoms with van der Waals surface area (Å²) in [5.74, 6) is 0. The van der Waals surface area contributed by atoms with Gasteiger partial charge in [0.1, 0.15) is 0 Å². The molecule has 0 saturated heterocycles. The lowest BCUT2D eigenvalue weighted by atomic mass is 9.97. The standard InChI is InChI=1S/C18H32N2O/c1-6-17(7-2)20(12-13-21-5)15(4)18(19)16-10-8-14(3)9-11-16/h8-11,15,17-18H,6-7,12-13,19H2,1-5H3. The lowest BCUT2D eigenvalue weighted by Crippen LogP contribution is -2.47. The molecule has 0 aliphatic heterocycles. The summed E-state index contributed by atoms with van der Waals surface area (Å²) in [5, 5.41) is 0. The van der Waals surface area contributed by atoms with Gasteiger partial charge in [-0.25, -0.2) is 0 Å². The van der Waals surface area contributed by atoms with Crippen molar-refractivity contribution >= 4 is 0 Å². The van der Waals surface area contributed by atoms with Crippen LogP contribution in [0.2, 0.25) is 0 Å². The maximum atomic E-state index is 6.53. The molecule has 1 aromatic rings. The molecule has 3 nitrogen and oxygen atoms in total. The predicted molar refractivity (Wildman–Crippen MR) is 90.5 cm³/mol. The third kappa shape index (κ3) is 5.10. The number of aryl methyl sites for hydroxylation is 1. The van der Waals surface area contributed by atoms with Crippen molar-refractivity contribution in [2.75, 3.05) is 20.3 Å². The van der Waals surface area contributed by atoms with Crippen LogP contribution in [0.1, 0.15) is 50.8 Å². The Balaban J connectivity index is 2.86. The fourth-order valence-electron chi connectivity index (χ4n) is 2.95. The molecule has 0 spiro atoms. The Morgan fingerprint density at radius 1 is 1.14 bits per heavy atom. The molecule has 0 radical (unpaired) electrons. The summed E-state index contributed by atoms with van der Waals surface area (Å²) >= 11 is 0. The van der Waals surface area contributed by atoms with Gasteiger partial charge < -0.3 is 10.5 Å². The van der Waals surface area contributed by atoms with Crippen molar-refractivity contribution in [1.29, 1.82) is 0 Å². The Morgan fingerprint density at radius 3 is 2.19 bits per heavy atom. The average Bonchev–Trinajstić information content (AvgIpc) is 2.51. The molecule has 2 atom stereocenters. The Kier molecular flexibility index (Phi) is 7.94. The van der Waals surface area contributed by atoms with Gasteiger partial charge in [-0.3, -0.25) is 4.90 Å². The summed E-state index contributed by atoms with van der Waals surface area (Å²) < 4.78 is 5.28. The largest absolute Gasteiger partial charge is 0.383 e. The van der Waals surface area contributed by atoms with Crippen LogP contribution in [0, 0.1) is 6.92 Å². The van der Waals surface area contributed by atoms with Gasteiger partial charge in [-0.2, -0.15) is 0 Å². The SMILES string of the molecule is CCC(CC)N(CCOC)C(C)C(N)c1ccc(C)cc1. The third-order valence-electron chi connectivity index (χ3n) is 4.47. The number of benzene rings is 1. The molecule has 21 heavy (non-hydrogen) atoms. The molecule has 0 aliphatic carbocycles. The van der Waals surface area contributed by atoms with Crippen LogP contribution in [-0.4, -0.2) is 37.2 Å². The zero-order chi connectivity index (χ0) is 15.8. The molecule has 0 aliphatic rings. The molecular formula is C18H32N2O. The van der Waals surface area contributed by atoms with Crippen molar-refractivity contribution in [2.24, 2.45) is 5.73 Å². The lowest BCUT2D eigenvalue weighted by molar-refractivity contribution is 0.0754. The molecule has 0 bridgehead atoms. The van der Waals surface area contributed by atoms with Gasteiger partial charge in [0.05, 0.1) is 6.61 Å². The maximum Gasteiger partial charge on any atom is 0.0589 e. The third-order valence-corrected chi connectivity index (χ3v) is 4.47. The number of nitrogens with two attached hydrogens (primary N) is 1. The van der Waals surface area contributed by atoms with Crippen LogP contribution in [0.5, 0.6) is 0 Å². The van der Waals surface area contributed by atoms with E-state index >= 15 is 0 Å². The van der Waals surface area contributed by atoms with Crippen LogP contribution in [0.4, 0.5) is 0 Å². The Bertz CT molecular complexity index is 387.